The quantitative estimate of drug-likeness (QED) is 0.633. The molecule has 1 N–H and O–H groups in total. The van der Waals surface area contributed by atoms with Crippen molar-refractivity contribution in [3.8, 4) is 0 Å². The highest BCUT2D eigenvalue weighted by atomic mass is 79.9. The second-order valence-corrected chi connectivity index (χ2v) is 6.68. The maximum atomic E-state index is 5.99. The Kier molecular flexibility index (Phi) is 6.28. The second kappa shape index (κ2) is 7.98. The standard InChI is InChI=1S/C18H21BrClN/c1-3-4-18(15-7-11-17(20)12-8-15)21-13(2)14-5-9-16(19)10-6-14/h5-13,18,21H,3-4H2,1-2H3. The van der Waals surface area contributed by atoms with Gasteiger partial charge in [-0.15, -0.1) is 0 Å². The van der Waals surface area contributed by atoms with Crippen LogP contribution in [0.15, 0.2) is 53.0 Å². The van der Waals surface area contributed by atoms with Crippen molar-refractivity contribution in [2.24, 2.45) is 0 Å². The third kappa shape index (κ3) is 4.84. The van der Waals surface area contributed by atoms with E-state index in [1.165, 1.54) is 11.1 Å². The van der Waals surface area contributed by atoms with E-state index in [4.69, 9.17) is 11.6 Å². The summed E-state index contributed by atoms with van der Waals surface area (Å²) in [4.78, 5) is 0. The predicted octanol–water partition coefficient (Wildman–Crippen LogP) is 6.29. The van der Waals surface area contributed by atoms with Gasteiger partial charge < -0.3 is 5.32 Å². The summed E-state index contributed by atoms with van der Waals surface area (Å²) in [7, 11) is 0. The third-order valence-electron chi connectivity index (χ3n) is 3.67. The number of hydrogen-bond acceptors (Lipinski definition) is 1. The number of halogens is 2. The van der Waals surface area contributed by atoms with Gasteiger partial charge in [-0.25, -0.2) is 0 Å². The fourth-order valence-corrected chi connectivity index (χ4v) is 2.87. The summed E-state index contributed by atoms with van der Waals surface area (Å²) in [6.45, 7) is 4.43. The molecule has 2 aromatic carbocycles. The largest absolute Gasteiger partial charge is 0.303 e. The van der Waals surface area contributed by atoms with Crippen LogP contribution in [0.1, 0.15) is 49.9 Å². The first-order valence-electron chi connectivity index (χ1n) is 7.37. The van der Waals surface area contributed by atoms with Gasteiger partial charge >= 0.3 is 0 Å². The molecule has 0 aliphatic heterocycles. The lowest BCUT2D eigenvalue weighted by atomic mass is 9.99. The molecule has 1 nitrogen and oxygen atoms in total. The average Bonchev–Trinajstić information content (AvgIpc) is 2.48. The molecule has 2 unspecified atom stereocenters. The van der Waals surface area contributed by atoms with Crippen LogP contribution in [0.2, 0.25) is 5.02 Å². The van der Waals surface area contributed by atoms with Crippen molar-refractivity contribution < 1.29 is 0 Å². The van der Waals surface area contributed by atoms with E-state index in [0.29, 0.717) is 12.1 Å². The molecule has 0 heterocycles. The molecule has 21 heavy (non-hydrogen) atoms. The van der Waals surface area contributed by atoms with Crippen LogP contribution in [0.5, 0.6) is 0 Å². The topological polar surface area (TPSA) is 12.0 Å². The van der Waals surface area contributed by atoms with E-state index in [2.05, 4.69) is 71.5 Å². The fraction of sp³-hybridized carbons (Fsp3) is 0.333. The maximum Gasteiger partial charge on any atom is 0.0406 e. The van der Waals surface area contributed by atoms with Crippen LogP contribution in [-0.4, -0.2) is 0 Å². The lowest BCUT2D eigenvalue weighted by Crippen LogP contribution is -2.24. The summed E-state index contributed by atoms with van der Waals surface area (Å²) in [6, 6.07) is 17.3. The summed E-state index contributed by atoms with van der Waals surface area (Å²) in [5.74, 6) is 0. The highest BCUT2D eigenvalue weighted by Gasteiger charge is 2.14. The Bertz CT molecular complexity index is 550. The Labute approximate surface area is 140 Å². The van der Waals surface area contributed by atoms with Gasteiger partial charge in [-0.2, -0.15) is 0 Å². The minimum absolute atomic E-state index is 0.310. The summed E-state index contributed by atoms with van der Waals surface area (Å²) in [5.41, 5.74) is 2.60. The van der Waals surface area contributed by atoms with E-state index in [1.807, 2.05) is 12.1 Å². The van der Waals surface area contributed by atoms with Gasteiger partial charge in [0.1, 0.15) is 0 Å². The van der Waals surface area contributed by atoms with Gasteiger partial charge in [0.05, 0.1) is 0 Å². The van der Waals surface area contributed by atoms with Crippen molar-refractivity contribution in [1.29, 1.82) is 0 Å². The number of rotatable bonds is 6. The van der Waals surface area contributed by atoms with E-state index in [-0.39, 0.29) is 0 Å². The van der Waals surface area contributed by atoms with Crippen molar-refractivity contribution in [2.75, 3.05) is 0 Å². The van der Waals surface area contributed by atoms with Crippen LogP contribution >= 0.6 is 27.5 Å². The zero-order valence-electron chi connectivity index (χ0n) is 12.4. The van der Waals surface area contributed by atoms with Crippen molar-refractivity contribution in [1.82, 2.24) is 5.32 Å². The second-order valence-electron chi connectivity index (χ2n) is 5.33. The monoisotopic (exact) mass is 365 g/mol. The van der Waals surface area contributed by atoms with Crippen LogP contribution in [-0.2, 0) is 0 Å². The van der Waals surface area contributed by atoms with Gasteiger partial charge in [0.25, 0.3) is 0 Å². The molecular formula is C18H21BrClN. The minimum atomic E-state index is 0.310. The van der Waals surface area contributed by atoms with Gasteiger partial charge in [0.15, 0.2) is 0 Å². The van der Waals surface area contributed by atoms with Gasteiger partial charge in [0.2, 0.25) is 0 Å². The Morgan fingerprint density at radius 2 is 1.57 bits per heavy atom. The smallest absolute Gasteiger partial charge is 0.0406 e. The molecular weight excluding hydrogens is 346 g/mol. The lowest BCUT2D eigenvalue weighted by Gasteiger charge is -2.24. The van der Waals surface area contributed by atoms with Gasteiger partial charge in [-0.05, 0) is 48.7 Å². The maximum absolute atomic E-state index is 5.99. The number of hydrogen-bond donors (Lipinski definition) is 1. The van der Waals surface area contributed by atoms with Crippen molar-refractivity contribution in [2.45, 2.75) is 38.8 Å². The Hall–Kier alpha value is -0.830. The molecule has 0 spiro atoms. The average molecular weight is 367 g/mol. The van der Waals surface area contributed by atoms with Crippen molar-refractivity contribution >= 4 is 27.5 Å². The summed E-state index contributed by atoms with van der Waals surface area (Å²) in [6.07, 6.45) is 2.26. The van der Waals surface area contributed by atoms with Crippen molar-refractivity contribution in [3.63, 3.8) is 0 Å². The van der Waals surface area contributed by atoms with Gasteiger partial charge in [0, 0.05) is 21.6 Å². The molecule has 2 aromatic rings. The molecule has 0 saturated carbocycles. The highest BCUT2D eigenvalue weighted by Crippen LogP contribution is 2.25. The molecule has 0 saturated heterocycles. The van der Waals surface area contributed by atoms with Crippen LogP contribution in [0.4, 0.5) is 0 Å². The van der Waals surface area contributed by atoms with Crippen LogP contribution in [0.25, 0.3) is 0 Å². The first kappa shape index (κ1) is 16.5. The molecule has 3 heteroatoms. The van der Waals surface area contributed by atoms with Gasteiger partial charge in [-0.3, -0.25) is 0 Å². The minimum Gasteiger partial charge on any atom is -0.303 e. The summed E-state index contributed by atoms with van der Waals surface area (Å²) >= 11 is 9.47. The first-order chi connectivity index (χ1) is 10.1. The summed E-state index contributed by atoms with van der Waals surface area (Å²) in [5, 5.41) is 4.52. The van der Waals surface area contributed by atoms with Crippen LogP contribution in [0, 0.1) is 0 Å². The molecule has 2 rings (SSSR count). The van der Waals surface area contributed by atoms with E-state index >= 15 is 0 Å². The predicted molar refractivity (Wildman–Crippen MR) is 94.8 cm³/mol. The first-order valence-corrected chi connectivity index (χ1v) is 8.54. The number of nitrogens with one attached hydrogen (secondary N) is 1. The van der Waals surface area contributed by atoms with Crippen LogP contribution < -0.4 is 5.32 Å². The van der Waals surface area contributed by atoms with Crippen molar-refractivity contribution in [3.05, 3.63) is 69.2 Å². The molecule has 112 valence electrons. The van der Waals surface area contributed by atoms with E-state index in [1.54, 1.807) is 0 Å². The highest BCUT2D eigenvalue weighted by molar-refractivity contribution is 9.10. The molecule has 0 bridgehead atoms. The van der Waals surface area contributed by atoms with Crippen LogP contribution in [0.3, 0.4) is 0 Å². The Morgan fingerprint density at radius 3 is 2.14 bits per heavy atom. The molecule has 0 amide bonds. The molecule has 0 aliphatic rings. The molecule has 0 aliphatic carbocycles. The molecule has 0 fully saturated rings. The van der Waals surface area contributed by atoms with E-state index in [9.17, 15) is 0 Å². The van der Waals surface area contributed by atoms with E-state index < -0.39 is 0 Å². The Balaban J connectivity index is 2.11. The Morgan fingerprint density at radius 1 is 1.00 bits per heavy atom. The number of benzene rings is 2. The van der Waals surface area contributed by atoms with E-state index in [0.717, 1.165) is 22.3 Å². The molecule has 0 radical (unpaired) electrons. The summed E-state index contributed by atoms with van der Waals surface area (Å²) < 4.78 is 1.11. The normalized spacial score (nSPS) is 13.9. The zero-order valence-corrected chi connectivity index (χ0v) is 14.8. The van der Waals surface area contributed by atoms with Gasteiger partial charge in [-0.1, -0.05) is 65.1 Å². The zero-order chi connectivity index (χ0) is 15.2. The lowest BCUT2D eigenvalue weighted by molar-refractivity contribution is 0.439. The molecule has 0 aromatic heterocycles. The SMILES string of the molecule is CCCC(NC(C)c1ccc(Br)cc1)c1ccc(Cl)cc1. The third-order valence-corrected chi connectivity index (χ3v) is 4.45. The molecule has 2 atom stereocenters. The fourth-order valence-electron chi connectivity index (χ4n) is 2.48.